The van der Waals surface area contributed by atoms with Crippen molar-refractivity contribution in [3.8, 4) is 11.1 Å². The highest BCUT2D eigenvalue weighted by atomic mass is 35.5. The number of nitrogens with two attached hydrogens (primary N) is 1. The summed E-state index contributed by atoms with van der Waals surface area (Å²) in [5.74, 6) is 0. The minimum absolute atomic E-state index is 0.0593. The molecule has 0 aliphatic carbocycles. The second-order valence-electron chi connectivity index (χ2n) is 8.34. The summed E-state index contributed by atoms with van der Waals surface area (Å²) in [5.41, 5.74) is 11.8. The van der Waals surface area contributed by atoms with Crippen LogP contribution in [-0.4, -0.2) is 4.57 Å². The quantitative estimate of drug-likeness (QED) is 0.293. The fourth-order valence-electron chi connectivity index (χ4n) is 4.37. The van der Waals surface area contributed by atoms with Crippen molar-refractivity contribution in [2.45, 2.75) is 32.9 Å². The lowest BCUT2D eigenvalue weighted by Gasteiger charge is -2.24. The number of nitrogens with zero attached hydrogens (tertiary/aromatic N) is 1. The number of benzene rings is 3. The van der Waals surface area contributed by atoms with E-state index in [-0.39, 0.29) is 11.5 Å². The van der Waals surface area contributed by atoms with Crippen LogP contribution in [0.1, 0.15) is 34.1 Å². The highest BCUT2D eigenvalue weighted by Crippen LogP contribution is 2.32. The van der Waals surface area contributed by atoms with Gasteiger partial charge in [-0.1, -0.05) is 89.4 Å². The predicted molar refractivity (Wildman–Crippen MR) is 143 cm³/mol. The molecular formula is C28H25Cl3N2O. The van der Waals surface area contributed by atoms with Crippen molar-refractivity contribution >= 4 is 34.8 Å². The molecular weight excluding hydrogens is 487 g/mol. The lowest BCUT2D eigenvalue weighted by atomic mass is 9.93. The van der Waals surface area contributed by atoms with Crippen molar-refractivity contribution in [3.05, 3.63) is 126 Å². The first-order chi connectivity index (χ1) is 16.3. The first kappa shape index (κ1) is 24.6. The molecule has 0 aliphatic heterocycles. The molecule has 2 N–H and O–H groups in total. The number of aromatic nitrogens is 1. The molecule has 1 unspecified atom stereocenters. The average Bonchev–Trinajstić information content (AvgIpc) is 2.83. The minimum atomic E-state index is -0.327. The molecule has 0 saturated carbocycles. The van der Waals surface area contributed by atoms with E-state index in [1.165, 1.54) is 0 Å². The molecule has 3 nitrogen and oxygen atoms in total. The van der Waals surface area contributed by atoms with Crippen LogP contribution >= 0.6 is 34.8 Å². The number of pyridine rings is 1. The standard InChI is InChI=1S/C28H25Cl3N2O/c1-17-21(15-26(32)19-9-4-3-5-10-19)28(34)27(20-11-6-7-12-23(20)29)18(2)33(17)16-22-24(30)13-8-14-25(22)31/h3-14,26H,15-16,32H2,1-2H3. The van der Waals surface area contributed by atoms with Gasteiger partial charge in [0.1, 0.15) is 0 Å². The maximum atomic E-state index is 13.9. The van der Waals surface area contributed by atoms with Crippen molar-refractivity contribution in [1.29, 1.82) is 0 Å². The van der Waals surface area contributed by atoms with Crippen LogP contribution in [0.2, 0.25) is 15.1 Å². The first-order valence-electron chi connectivity index (χ1n) is 11.0. The van der Waals surface area contributed by atoms with Crippen LogP contribution in [0.25, 0.3) is 11.1 Å². The average molecular weight is 512 g/mol. The summed E-state index contributed by atoms with van der Waals surface area (Å²) >= 11 is 19.5. The van der Waals surface area contributed by atoms with Gasteiger partial charge in [0.05, 0.1) is 12.1 Å². The zero-order chi connectivity index (χ0) is 24.4. The molecule has 0 aliphatic rings. The van der Waals surface area contributed by atoms with Gasteiger partial charge in [0.2, 0.25) is 0 Å². The van der Waals surface area contributed by atoms with E-state index >= 15 is 0 Å². The van der Waals surface area contributed by atoms with Crippen LogP contribution in [0.5, 0.6) is 0 Å². The van der Waals surface area contributed by atoms with Crippen LogP contribution in [0.3, 0.4) is 0 Å². The third-order valence-corrected chi connectivity index (χ3v) is 7.32. The van der Waals surface area contributed by atoms with Gasteiger partial charge in [-0.15, -0.1) is 0 Å². The van der Waals surface area contributed by atoms with E-state index in [1.807, 2.05) is 80.6 Å². The molecule has 1 aromatic heterocycles. The lowest BCUT2D eigenvalue weighted by Crippen LogP contribution is -2.26. The molecule has 1 heterocycles. The largest absolute Gasteiger partial charge is 0.344 e. The highest BCUT2D eigenvalue weighted by molar-refractivity contribution is 6.36. The van der Waals surface area contributed by atoms with E-state index in [0.29, 0.717) is 44.7 Å². The zero-order valence-electron chi connectivity index (χ0n) is 19.0. The molecule has 1 atom stereocenters. The van der Waals surface area contributed by atoms with Crippen LogP contribution in [-0.2, 0) is 13.0 Å². The summed E-state index contributed by atoms with van der Waals surface area (Å²) in [6.45, 7) is 4.29. The third kappa shape index (κ3) is 4.80. The van der Waals surface area contributed by atoms with Gasteiger partial charge in [-0.05, 0) is 44.0 Å². The molecule has 0 bridgehead atoms. The summed E-state index contributed by atoms with van der Waals surface area (Å²) in [6.07, 6.45) is 0.392. The van der Waals surface area contributed by atoms with Crippen molar-refractivity contribution in [1.82, 2.24) is 4.57 Å². The smallest absolute Gasteiger partial charge is 0.193 e. The Kier molecular flexibility index (Phi) is 7.49. The lowest BCUT2D eigenvalue weighted by molar-refractivity contribution is 0.674. The fraction of sp³-hybridized carbons (Fsp3) is 0.179. The van der Waals surface area contributed by atoms with Crippen molar-refractivity contribution in [3.63, 3.8) is 0 Å². The summed E-state index contributed by atoms with van der Waals surface area (Å²) in [4.78, 5) is 13.9. The predicted octanol–water partition coefficient (Wildman–Crippen LogP) is 7.38. The molecule has 34 heavy (non-hydrogen) atoms. The zero-order valence-corrected chi connectivity index (χ0v) is 21.3. The SMILES string of the molecule is Cc1c(CC(N)c2ccccc2)c(=O)c(-c2ccccc2Cl)c(C)n1Cc1c(Cl)cccc1Cl. The Labute approximate surface area is 214 Å². The van der Waals surface area contributed by atoms with Crippen LogP contribution in [0.4, 0.5) is 0 Å². The van der Waals surface area contributed by atoms with Gasteiger partial charge in [-0.25, -0.2) is 0 Å². The van der Waals surface area contributed by atoms with Crippen molar-refractivity contribution in [2.24, 2.45) is 5.73 Å². The van der Waals surface area contributed by atoms with E-state index in [4.69, 9.17) is 40.5 Å². The minimum Gasteiger partial charge on any atom is -0.344 e. The van der Waals surface area contributed by atoms with E-state index < -0.39 is 0 Å². The van der Waals surface area contributed by atoms with E-state index in [2.05, 4.69) is 4.57 Å². The Balaban J connectivity index is 1.94. The molecule has 174 valence electrons. The number of hydrogen-bond donors (Lipinski definition) is 1. The Bertz CT molecular complexity index is 1380. The summed E-state index contributed by atoms with van der Waals surface area (Å²) < 4.78 is 2.08. The van der Waals surface area contributed by atoms with Crippen LogP contribution < -0.4 is 11.2 Å². The third-order valence-electron chi connectivity index (χ3n) is 6.28. The molecule has 3 aromatic carbocycles. The number of hydrogen-bond acceptors (Lipinski definition) is 2. The van der Waals surface area contributed by atoms with Crippen LogP contribution in [0, 0.1) is 13.8 Å². The fourth-order valence-corrected chi connectivity index (χ4v) is 5.11. The van der Waals surface area contributed by atoms with Gasteiger partial charge < -0.3 is 10.3 Å². The van der Waals surface area contributed by atoms with Crippen LogP contribution in [0.15, 0.2) is 77.6 Å². The van der Waals surface area contributed by atoms with Crippen molar-refractivity contribution < 1.29 is 0 Å². The molecule has 0 radical (unpaired) electrons. The molecule has 4 aromatic rings. The maximum absolute atomic E-state index is 13.9. The van der Waals surface area contributed by atoms with Gasteiger partial charge in [0, 0.05) is 49.2 Å². The van der Waals surface area contributed by atoms with Crippen molar-refractivity contribution in [2.75, 3.05) is 0 Å². The second kappa shape index (κ2) is 10.4. The Morgan fingerprint density at radius 2 is 1.35 bits per heavy atom. The number of rotatable bonds is 6. The van der Waals surface area contributed by atoms with Gasteiger partial charge in [-0.3, -0.25) is 4.79 Å². The van der Waals surface area contributed by atoms with Gasteiger partial charge >= 0.3 is 0 Å². The molecule has 0 fully saturated rings. The van der Waals surface area contributed by atoms with Gasteiger partial charge in [0.15, 0.2) is 5.43 Å². The van der Waals surface area contributed by atoms with E-state index in [9.17, 15) is 4.79 Å². The summed E-state index contributed by atoms with van der Waals surface area (Å²) in [7, 11) is 0. The molecule has 0 saturated heterocycles. The molecule has 4 rings (SSSR count). The number of halogens is 3. The second-order valence-corrected chi connectivity index (χ2v) is 9.56. The Morgan fingerprint density at radius 1 is 0.765 bits per heavy atom. The molecule has 0 amide bonds. The molecule has 6 heteroatoms. The molecule has 0 spiro atoms. The highest BCUT2D eigenvalue weighted by Gasteiger charge is 2.22. The van der Waals surface area contributed by atoms with Gasteiger partial charge in [0.25, 0.3) is 0 Å². The van der Waals surface area contributed by atoms with E-state index in [0.717, 1.165) is 22.5 Å². The van der Waals surface area contributed by atoms with E-state index in [1.54, 1.807) is 6.07 Å². The Hall–Kier alpha value is -2.56. The van der Waals surface area contributed by atoms with Gasteiger partial charge in [-0.2, -0.15) is 0 Å². The normalized spacial score (nSPS) is 12.1. The maximum Gasteiger partial charge on any atom is 0.193 e. The summed E-state index contributed by atoms with van der Waals surface area (Å²) in [6, 6.07) is 22.3. The monoisotopic (exact) mass is 510 g/mol. The topological polar surface area (TPSA) is 48.0 Å². The Morgan fingerprint density at radius 3 is 2.00 bits per heavy atom. The summed E-state index contributed by atoms with van der Waals surface area (Å²) in [5, 5.41) is 1.67. The first-order valence-corrected chi connectivity index (χ1v) is 12.1.